The van der Waals surface area contributed by atoms with Gasteiger partial charge in [-0.05, 0) is 78.8 Å². The van der Waals surface area contributed by atoms with Crippen molar-refractivity contribution in [2.24, 2.45) is 0 Å². The van der Waals surface area contributed by atoms with Crippen molar-refractivity contribution in [3.63, 3.8) is 0 Å². The average Bonchev–Trinajstić information content (AvgIpc) is 3.14. The van der Waals surface area contributed by atoms with Crippen molar-refractivity contribution >= 4 is 9.16 Å². The molecule has 0 fully saturated rings. The Labute approximate surface area is 273 Å². The molecule has 0 amide bonds. The largest absolute Gasteiger partial charge is 0.457 e. The fourth-order valence-electron chi connectivity index (χ4n) is 6.68. The quantitative estimate of drug-likeness (QED) is 0.159. The first kappa shape index (κ1) is 29.4. The van der Waals surface area contributed by atoms with Gasteiger partial charge in [-0.25, -0.2) is 9.16 Å². The summed E-state index contributed by atoms with van der Waals surface area (Å²) in [4.78, 5) is 5.41. The maximum atomic E-state index is 6.20. The van der Waals surface area contributed by atoms with Gasteiger partial charge in [-0.2, -0.15) is 0 Å². The van der Waals surface area contributed by atoms with E-state index in [0.717, 1.165) is 23.5 Å². The maximum absolute atomic E-state index is 6.20. The molecule has 0 heterocycles. The van der Waals surface area contributed by atoms with E-state index in [4.69, 9.17) is 4.74 Å². The molecule has 226 valence electrons. The van der Waals surface area contributed by atoms with E-state index in [-0.39, 0.29) is 0 Å². The van der Waals surface area contributed by atoms with Gasteiger partial charge in [0.15, 0.2) is 0 Å². The van der Waals surface area contributed by atoms with Crippen molar-refractivity contribution in [1.29, 1.82) is 0 Å². The summed E-state index contributed by atoms with van der Waals surface area (Å²) in [5.41, 5.74) is 4.92. The van der Waals surface area contributed by atoms with Crippen LogP contribution in [0.15, 0.2) is 214 Å². The van der Waals surface area contributed by atoms with Crippen LogP contribution in [0, 0.1) is 0 Å². The molecule has 0 saturated heterocycles. The molecule has 0 atom stereocenters. The van der Waals surface area contributed by atoms with Crippen LogP contribution in [0.25, 0.3) is 11.1 Å². The van der Waals surface area contributed by atoms with Crippen molar-refractivity contribution < 1.29 is 4.74 Å². The zero-order valence-corrected chi connectivity index (χ0v) is 26.9. The van der Waals surface area contributed by atoms with Gasteiger partial charge in [-0.15, -0.1) is 0 Å². The van der Waals surface area contributed by atoms with Crippen LogP contribution in [0.1, 0.15) is 11.1 Å². The smallest absolute Gasteiger partial charge is 0.127 e. The minimum atomic E-state index is -3.05. The summed E-state index contributed by atoms with van der Waals surface area (Å²) in [6.45, 7) is 0. The predicted octanol–water partition coefficient (Wildman–Crippen LogP) is 12.0. The minimum absolute atomic E-state index is 0.826. The fourth-order valence-corrected chi connectivity index (χ4v) is 12.1. The molecule has 7 aromatic rings. The van der Waals surface area contributed by atoms with Gasteiger partial charge in [0.2, 0.25) is 0 Å². The Kier molecular flexibility index (Phi) is 8.05. The lowest BCUT2D eigenvalue weighted by molar-refractivity contribution is 0.482. The molecule has 7 aromatic carbocycles. The Morgan fingerprint density at radius 2 is 0.674 bits per heavy atom. The van der Waals surface area contributed by atoms with Crippen LogP contribution in [0.4, 0.5) is 0 Å². The third-order valence-electron chi connectivity index (χ3n) is 9.32. The lowest BCUT2D eigenvalue weighted by Gasteiger charge is -2.60. The van der Waals surface area contributed by atoms with Crippen molar-refractivity contribution in [3.8, 4) is 22.6 Å². The number of rotatable bonds is 9. The van der Waals surface area contributed by atoms with Crippen LogP contribution in [0.2, 0.25) is 0 Å². The molecule has 0 spiro atoms. The maximum Gasteiger partial charge on any atom is 0.127 e. The molecule has 0 aromatic heterocycles. The molecule has 0 radical (unpaired) electrons. The van der Waals surface area contributed by atoms with Gasteiger partial charge >= 0.3 is 0 Å². The Hall–Kier alpha value is -5.31. The van der Waals surface area contributed by atoms with E-state index in [9.17, 15) is 0 Å². The van der Waals surface area contributed by atoms with Gasteiger partial charge in [0, 0.05) is 0 Å². The highest BCUT2D eigenvalue weighted by Gasteiger charge is 2.43. The highest BCUT2D eigenvalue weighted by molar-refractivity contribution is 8.49. The molecule has 7 rings (SSSR count). The van der Waals surface area contributed by atoms with Crippen molar-refractivity contribution in [1.82, 2.24) is 0 Å². The Morgan fingerprint density at radius 3 is 1.11 bits per heavy atom. The van der Waals surface area contributed by atoms with Crippen molar-refractivity contribution in [2.45, 2.75) is 26.0 Å². The van der Waals surface area contributed by atoms with Gasteiger partial charge in [-0.1, -0.05) is 170 Å². The van der Waals surface area contributed by atoms with Crippen molar-refractivity contribution in [3.05, 3.63) is 205 Å². The Balaban J connectivity index is 1.18. The van der Waals surface area contributed by atoms with E-state index in [2.05, 4.69) is 188 Å². The first-order valence-corrected chi connectivity index (χ1v) is 18.5. The first-order valence-electron chi connectivity index (χ1n) is 15.8. The summed E-state index contributed by atoms with van der Waals surface area (Å²) < 4.78 is 6.20. The molecule has 46 heavy (non-hydrogen) atoms. The number of hydrogen-bond donors (Lipinski definition) is 1. The number of hydrogen-bond acceptors (Lipinski definition) is 1. The van der Waals surface area contributed by atoms with E-state index in [1.54, 1.807) is 0 Å². The summed E-state index contributed by atoms with van der Waals surface area (Å²) in [6, 6.07) is 69.8. The first-order chi connectivity index (χ1) is 22.6. The Morgan fingerprint density at radius 1 is 0.348 bits per heavy atom. The monoisotopic (exact) mass is 614 g/mol. The minimum Gasteiger partial charge on any atom is -0.457 e. The lowest BCUT2D eigenvalue weighted by Crippen LogP contribution is -2.19. The SMILES string of the molecule is C[SH](c1ccccc1)(c1ccccc1)(c1ccccc1)c1ccc(-c2ccc(Oc3ccc(Cc4ccccc4)cc3)cc2)cc1. The number of thiol groups is 1. The van der Waals surface area contributed by atoms with Crippen LogP contribution in [0.5, 0.6) is 11.5 Å². The van der Waals surface area contributed by atoms with Gasteiger partial charge < -0.3 is 4.74 Å². The molecule has 2 heteroatoms. The van der Waals surface area contributed by atoms with Gasteiger partial charge in [-0.3, -0.25) is 0 Å². The topological polar surface area (TPSA) is 9.23 Å². The van der Waals surface area contributed by atoms with E-state index in [1.807, 2.05) is 12.1 Å². The molecule has 0 aliphatic heterocycles. The summed E-state index contributed by atoms with van der Waals surface area (Å²) in [7, 11) is -3.05. The molecule has 0 N–H and O–H groups in total. The molecular formula is C44H38OS. The second kappa shape index (κ2) is 12.6. The van der Waals surface area contributed by atoms with E-state index < -0.39 is 9.16 Å². The molecular weight excluding hydrogens is 577 g/mol. The third-order valence-corrected chi connectivity index (χ3v) is 15.7. The van der Waals surface area contributed by atoms with E-state index in [1.165, 1.54) is 36.3 Å². The fraction of sp³-hybridized carbons (Fsp3) is 0.0455. The Bertz CT molecular complexity index is 1900. The van der Waals surface area contributed by atoms with Gasteiger partial charge in [0.25, 0.3) is 0 Å². The predicted molar refractivity (Wildman–Crippen MR) is 195 cm³/mol. The second-order valence-electron chi connectivity index (χ2n) is 12.1. The number of benzene rings is 7. The zero-order valence-electron chi connectivity index (χ0n) is 26.0. The van der Waals surface area contributed by atoms with Crippen LogP contribution >= 0.6 is 9.16 Å². The summed E-state index contributed by atoms with van der Waals surface area (Å²) in [6.07, 6.45) is 3.42. The molecule has 0 unspecified atom stereocenters. The summed E-state index contributed by atoms with van der Waals surface area (Å²) in [5.74, 6) is 1.66. The lowest BCUT2D eigenvalue weighted by atomic mass is 10.1. The van der Waals surface area contributed by atoms with Crippen LogP contribution in [-0.4, -0.2) is 6.26 Å². The molecule has 0 aliphatic rings. The molecule has 0 bridgehead atoms. The van der Waals surface area contributed by atoms with Crippen LogP contribution in [0.3, 0.4) is 0 Å². The second-order valence-corrected chi connectivity index (χ2v) is 17.2. The van der Waals surface area contributed by atoms with E-state index in [0.29, 0.717) is 0 Å². The molecule has 0 aliphatic carbocycles. The average molecular weight is 615 g/mol. The highest BCUT2D eigenvalue weighted by atomic mass is 32.3. The third kappa shape index (κ3) is 5.42. The normalized spacial score (nSPS) is 12.2. The van der Waals surface area contributed by atoms with Crippen LogP contribution in [-0.2, 0) is 6.42 Å². The van der Waals surface area contributed by atoms with Crippen molar-refractivity contribution in [2.75, 3.05) is 6.26 Å². The van der Waals surface area contributed by atoms with Crippen LogP contribution < -0.4 is 4.74 Å². The van der Waals surface area contributed by atoms with E-state index >= 15 is 0 Å². The summed E-state index contributed by atoms with van der Waals surface area (Å²) in [5, 5.41) is 0. The molecule has 0 saturated carbocycles. The number of ether oxygens (including phenoxy) is 1. The molecule has 1 nitrogen and oxygen atoms in total. The summed E-state index contributed by atoms with van der Waals surface area (Å²) >= 11 is 0. The van der Waals surface area contributed by atoms with Gasteiger partial charge in [0.05, 0.1) is 0 Å². The van der Waals surface area contributed by atoms with Gasteiger partial charge in [0.1, 0.15) is 11.5 Å². The highest BCUT2D eigenvalue weighted by Crippen LogP contribution is 2.87. The standard InChI is InChI=1S/C44H38OS/c1-46(41-16-8-3-9-17-41,42-18-10-4-11-19-42,43-20-12-5-13-21-43)44-32-26-38(27-33-44)37-24-30-40(31-25-37)45-39-28-22-36(23-29-39)34-35-14-6-2-7-15-35/h2-33,46H,34H2,1H3. The zero-order chi connectivity index (χ0) is 31.3.